The molecule has 5 rings (SSSR count). The largest absolute Gasteiger partial charge is 0.497 e. The Morgan fingerprint density at radius 1 is 0.950 bits per heavy atom. The maximum absolute atomic E-state index is 12.4. The Kier molecular flexibility index (Phi) is 7.11. The zero-order chi connectivity index (χ0) is 28.5. The fourth-order valence-corrected chi connectivity index (χ4v) is 5.55. The van der Waals surface area contributed by atoms with Crippen molar-refractivity contribution in [1.82, 2.24) is 4.90 Å². The van der Waals surface area contributed by atoms with Gasteiger partial charge in [0, 0.05) is 19.5 Å². The van der Waals surface area contributed by atoms with Crippen LogP contribution < -0.4 is 19.4 Å². The van der Waals surface area contributed by atoms with Gasteiger partial charge in [0.1, 0.15) is 23.1 Å². The smallest absolute Gasteiger partial charge is 0.345 e. The van der Waals surface area contributed by atoms with Gasteiger partial charge in [-0.3, -0.25) is 14.7 Å². The van der Waals surface area contributed by atoms with Crippen LogP contribution in [-0.4, -0.2) is 64.3 Å². The van der Waals surface area contributed by atoms with Crippen LogP contribution in [0.1, 0.15) is 18.1 Å². The number of rotatable bonds is 9. The third-order valence-electron chi connectivity index (χ3n) is 6.59. The number of hydrogen-bond donors (Lipinski definition) is 1. The van der Waals surface area contributed by atoms with Crippen LogP contribution in [0.5, 0.6) is 17.2 Å². The summed E-state index contributed by atoms with van der Waals surface area (Å²) < 4.78 is 45.3. The number of esters is 1. The van der Waals surface area contributed by atoms with Gasteiger partial charge in [-0.1, -0.05) is 30.3 Å². The van der Waals surface area contributed by atoms with Gasteiger partial charge in [0.05, 0.1) is 20.8 Å². The minimum atomic E-state index is -4.20. The van der Waals surface area contributed by atoms with E-state index in [1.54, 1.807) is 19.2 Å². The summed E-state index contributed by atoms with van der Waals surface area (Å²) >= 11 is 0. The monoisotopic (exact) mass is 564 g/mol. The molecule has 0 saturated carbocycles. The average molecular weight is 565 g/mol. The summed E-state index contributed by atoms with van der Waals surface area (Å²) in [6.07, 6.45) is 0. The summed E-state index contributed by atoms with van der Waals surface area (Å²) in [5, 5.41) is 0. The minimum absolute atomic E-state index is 0.00578. The lowest BCUT2D eigenvalue weighted by Gasteiger charge is -2.29. The lowest BCUT2D eigenvalue weighted by Crippen LogP contribution is -2.41. The van der Waals surface area contributed by atoms with Crippen LogP contribution in [0, 0.1) is 0 Å². The molecule has 208 valence electrons. The Morgan fingerprint density at radius 2 is 1.68 bits per heavy atom. The van der Waals surface area contributed by atoms with Crippen molar-refractivity contribution < 1.29 is 31.6 Å². The van der Waals surface area contributed by atoms with Crippen molar-refractivity contribution in [3.8, 4) is 28.4 Å². The molecule has 2 aliphatic rings. The van der Waals surface area contributed by atoms with Gasteiger partial charge in [0.2, 0.25) is 5.94 Å². The van der Waals surface area contributed by atoms with Gasteiger partial charge < -0.3 is 24.1 Å². The third-order valence-corrected chi connectivity index (χ3v) is 7.44. The van der Waals surface area contributed by atoms with Crippen molar-refractivity contribution in [2.24, 2.45) is 15.7 Å². The number of fused-ring (bicyclic) bond motifs is 1. The molecule has 1 unspecified atom stereocenters. The Hall–Kier alpha value is -4.58. The van der Waals surface area contributed by atoms with Crippen LogP contribution in [0.3, 0.4) is 0 Å². The van der Waals surface area contributed by atoms with Gasteiger partial charge >= 0.3 is 16.1 Å². The molecule has 0 bridgehead atoms. The number of hydrogen-bond acceptors (Lipinski definition) is 11. The summed E-state index contributed by atoms with van der Waals surface area (Å²) in [5.74, 6) is 0.562. The average Bonchev–Trinajstić information content (AvgIpc) is 3.55. The SMILES string of the molecule is COc1ccc(C2(c3cccc(-c4cc(OC)cc(OS(=O)(=O)COC(C)=O)c4)c3)N=C(N)N3CCN=C32)cc1. The molecule has 0 radical (unpaired) electrons. The Morgan fingerprint density at radius 3 is 2.38 bits per heavy atom. The number of nitrogens with zero attached hydrogens (tertiary/aromatic N) is 3. The molecule has 0 fully saturated rings. The fourth-order valence-electron chi connectivity index (χ4n) is 4.80. The molecule has 0 spiro atoms. The van der Waals surface area contributed by atoms with E-state index in [0.717, 1.165) is 29.4 Å². The standard InChI is InChI=1S/C28H28N4O7S/c1-18(33)38-17-40(34,35)39-25-15-20(14-24(16-25)37-3)19-5-4-6-22(13-19)28(21-7-9-23(36-2)10-8-21)26-30-11-12-32(26)27(29)31-28/h4-10,13-16H,11-12,17H2,1-3H3,(H2,29,31). The second kappa shape index (κ2) is 10.5. The zero-order valence-electron chi connectivity index (χ0n) is 22.2. The summed E-state index contributed by atoms with van der Waals surface area (Å²) in [6.45, 7) is 2.35. The third kappa shape index (κ3) is 5.05. The first kappa shape index (κ1) is 27.0. The summed E-state index contributed by atoms with van der Waals surface area (Å²) in [6, 6.07) is 20.1. The van der Waals surface area contributed by atoms with E-state index in [2.05, 4.69) is 4.74 Å². The molecule has 1 atom stereocenters. The number of aliphatic imine (C=N–C) groups is 2. The lowest BCUT2D eigenvalue weighted by molar-refractivity contribution is -0.139. The zero-order valence-corrected chi connectivity index (χ0v) is 23.0. The molecular weight excluding hydrogens is 536 g/mol. The summed E-state index contributed by atoms with van der Waals surface area (Å²) in [7, 11) is -1.13. The number of nitrogens with two attached hydrogens (primary N) is 1. The second-order valence-corrected chi connectivity index (χ2v) is 10.7. The topological polar surface area (TPSA) is 142 Å². The second-order valence-electron chi connectivity index (χ2n) is 9.14. The molecule has 3 aromatic rings. The normalized spacial score (nSPS) is 18.0. The molecule has 0 amide bonds. The first-order valence-electron chi connectivity index (χ1n) is 12.3. The molecule has 2 N–H and O–H groups in total. The van der Waals surface area contributed by atoms with Crippen LogP contribution >= 0.6 is 0 Å². The van der Waals surface area contributed by atoms with Crippen LogP contribution in [0.4, 0.5) is 0 Å². The van der Waals surface area contributed by atoms with Gasteiger partial charge in [-0.25, -0.2) is 4.99 Å². The van der Waals surface area contributed by atoms with Crippen molar-refractivity contribution in [1.29, 1.82) is 0 Å². The number of methoxy groups -OCH3 is 2. The van der Waals surface area contributed by atoms with Gasteiger partial charge in [0.25, 0.3) is 0 Å². The fraction of sp³-hybridized carbons (Fsp3) is 0.250. The van der Waals surface area contributed by atoms with E-state index in [1.165, 1.54) is 13.2 Å². The first-order chi connectivity index (χ1) is 19.1. The van der Waals surface area contributed by atoms with Crippen LogP contribution in [-0.2, 0) is 25.2 Å². The molecule has 11 nitrogen and oxygen atoms in total. The number of amidine groups is 1. The molecule has 0 aromatic heterocycles. The molecule has 0 aliphatic carbocycles. The molecule has 3 aromatic carbocycles. The van der Waals surface area contributed by atoms with Crippen LogP contribution in [0.25, 0.3) is 11.1 Å². The highest BCUT2D eigenvalue weighted by atomic mass is 32.2. The molecule has 2 heterocycles. The van der Waals surface area contributed by atoms with E-state index in [1.807, 2.05) is 53.4 Å². The minimum Gasteiger partial charge on any atom is -0.497 e. The quantitative estimate of drug-likeness (QED) is 0.307. The van der Waals surface area contributed by atoms with E-state index in [-0.39, 0.29) is 5.75 Å². The molecule has 40 heavy (non-hydrogen) atoms. The summed E-state index contributed by atoms with van der Waals surface area (Å²) in [5.41, 5.74) is 8.45. The number of carbonyl (C=O) groups excluding carboxylic acids is 1. The molecule has 12 heteroatoms. The highest BCUT2D eigenvalue weighted by Gasteiger charge is 2.50. The number of ether oxygens (including phenoxy) is 3. The van der Waals surface area contributed by atoms with Gasteiger partial charge in [-0.2, -0.15) is 8.42 Å². The first-order valence-corrected chi connectivity index (χ1v) is 13.9. The Labute approximate surface area is 232 Å². The van der Waals surface area contributed by atoms with Crippen molar-refractivity contribution >= 4 is 27.9 Å². The maximum Gasteiger partial charge on any atom is 0.345 e. The van der Waals surface area contributed by atoms with Gasteiger partial charge in [0.15, 0.2) is 11.5 Å². The van der Waals surface area contributed by atoms with Crippen molar-refractivity contribution in [3.63, 3.8) is 0 Å². The maximum atomic E-state index is 12.4. The highest BCUT2D eigenvalue weighted by Crippen LogP contribution is 2.43. The predicted molar refractivity (Wildman–Crippen MR) is 149 cm³/mol. The van der Waals surface area contributed by atoms with E-state index >= 15 is 0 Å². The van der Waals surface area contributed by atoms with Gasteiger partial charge in [-0.15, -0.1) is 0 Å². The molecular formula is C28H28N4O7S. The van der Waals surface area contributed by atoms with Crippen LogP contribution in [0.2, 0.25) is 0 Å². The summed E-state index contributed by atoms with van der Waals surface area (Å²) in [4.78, 5) is 22.7. The van der Waals surface area contributed by atoms with E-state index in [9.17, 15) is 13.2 Å². The van der Waals surface area contributed by atoms with Gasteiger partial charge in [-0.05, 0) is 52.6 Å². The number of carbonyl (C=O) groups is 1. The molecule has 0 saturated heterocycles. The number of guanidine groups is 1. The van der Waals surface area contributed by atoms with Crippen molar-refractivity contribution in [2.75, 3.05) is 33.2 Å². The lowest BCUT2D eigenvalue weighted by atomic mass is 9.81. The molecule has 2 aliphatic heterocycles. The predicted octanol–water partition coefficient (Wildman–Crippen LogP) is 2.89. The Bertz CT molecular complexity index is 1620. The number of benzene rings is 3. The highest BCUT2D eigenvalue weighted by molar-refractivity contribution is 7.86. The Balaban J connectivity index is 1.59. The van der Waals surface area contributed by atoms with E-state index < -0.39 is 27.6 Å². The van der Waals surface area contributed by atoms with E-state index in [0.29, 0.717) is 36.1 Å². The van der Waals surface area contributed by atoms with Crippen molar-refractivity contribution in [2.45, 2.75) is 12.5 Å². The van der Waals surface area contributed by atoms with E-state index in [4.69, 9.17) is 29.4 Å². The van der Waals surface area contributed by atoms with Crippen molar-refractivity contribution in [3.05, 3.63) is 77.9 Å². The van der Waals surface area contributed by atoms with Crippen LogP contribution in [0.15, 0.2) is 76.7 Å².